The summed E-state index contributed by atoms with van der Waals surface area (Å²) < 4.78 is 26.8. The number of hydrogen-bond donors (Lipinski definition) is 2. The average Bonchev–Trinajstić information content (AvgIpc) is 2.90. The van der Waals surface area contributed by atoms with Gasteiger partial charge in [-0.05, 0) is 30.7 Å². The lowest BCUT2D eigenvalue weighted by atomic mass is 10.1. The van der Waals surface area contributed by atoms with Crippen LogP contribution in [0.5, 0.6) is 0 Å². The molecule has 2 N–H and O–H groups in total. The second kappa shape index (κ2) is 5.70. The predicted molar refractivity (Wildman–Crippen MR) is 74.3 cm³/mol. The number of nitrogens with one attached hydrogen (secondary N) is 1. The van der Waals surface area contributed by atoms with E-state index in [1.54, 1.807) is 31.5 Å². The van der Waals surface area contributed by atoms with Gasteiger partial charge in [0.25, 0.3) is 10.0 Å². The Labute approximate surface area is 120 Å². The molecule has 2 aromatic heterocycles. The van der Waals surface area contributed by atoms with Gasteiger partial charge in [0.05, 0.1) is 5.56 Å². The van der Waals surface area contributed by atoms with Gasteiger partial charge in [0, 0.05) is 23.8 Å². The van der Waals surface area contributed by atoms with E-state index in [4.69, 9.17) is 5.11 Å². The van der Waals surface area contributed by atoms with E-state index in [0.29, 0.717) is 0 Å². The fourth-order valence-corrected chi connectivity index (χ4v) is 3.98. The van der Waals surface area contributed by atoms with Crippen LogP contribution in [-0.4, -0.2) is 24.5 Å². The van der Waals surface area contributed by atoms with Crippen LogP contribution in [0, 0.1) is 0 Å². The first-order chi connectivity index (χ1) is 9.40. The maximum atomic E-state index is 12.1. The van der Waals surface area contributed by atoms with Crippen LogP contribution >= 0.6 is 11.3 Å². The van der Waals surface area contributed by atoms with Crippen LogP contribution in [-0.2, 0) is 10.0 Å². The zero-order chi connectivity index (χ0) is 14.8. The van der Waals surface area contributed by atoms with Crippen LogP contribution in [0.2, 0.25) is 0 Å². The number of aromatic nitrogens is 1. The Morgan fingerprint density at radius 3 is 2.60 bits per heavy atom. The van der Waals surface area contributed by atoms with Gasteiger partial charge in [-0.25, -0.2) is 17.9 Å². The van der Waals surface area contributed by atoms with Crippen LogP contribution in [0.1, 0.15) is 28.9 Å². The van der Waals surface area contributed by atoms with Crippen LogP contribution in [0.4, 0.5) is 0 Å². The minimum absolute atomic E-state index is 0.0178. The van der Waals surface area contributed by atoms with Crippen molar-refractivity contribution in [2.45, 2.75) is 17.2 Å². The lowest BCUT2D eigenvalue weighted by Crippen LogP contribution is -2.26. The monoisotopic (exact) mass is 312 g/mol. The molecular formula is C12H12N2O4S2. The Balaban J connectivity index is 2.20. The second-order valence-corrected chi connectivity index (χ2v) is 6.94. The largest absolute Gasteiger partial charge is 0.478 e. The van der Waals surface area contributed by atoms with Crippen molar-refractivity contribution in [2.75, 3.05) is 0 Å². The van der Waals surface area contributed by atoms with Crippen LogP contribution < -0.4 is 4.72 Å². The van der Waals surface area contributed by atoms with Gasteiger partial charge in [-0.3, -0.25) is 4.98 Å². The molecule has 0 aliphatic carbocycles. The summed E-state index contributed by atoms with van der Waals surface area (Å²) in [6.45, 7) is 1.71. The molecule has 1 unspecified atom stereocenters. The Kier molecular flexibility index (Phi) is 4.17. The van der Waals surface area contributed by atoms with Crippen molar-refractivity contribution in [3.05, 3.63) is 47.1 Å². The molecule has 8 heteroatoms. The third-order valence-electron chi connectivity index (χ3n) is 2.63. The van der Waals surface area contributed by atoms with Gasteiger partial charge in [-0.15, -0.1) is 11.3 Å². The van der Waals surface area contributed by atoms with E-state index in [1.165, 1.54) is 5.38 Å². The molecule has 0 aromatic carbocycles. The lowest BCUT2D eigenvalue weighted by molar-refractivity contribution is 0.0697. The van der Waals surface area contributed by atoms with Gasteiger partial charge in [0.2, 0.25) is 0 Å². The molecule has 1 atom stereocenters. The number of pyridine rings is 1. The van der Waals surface area contributed by atoms with Crippen molar-refractivity contribution in [1.82, 2.24) is 9.71 Å². The Morgan fingerprint density at radius 2 is 2.05 bits per heavy atom. The molecule has 0 amide bonds. The van der Waals surface area contributed by atoms with Crippen molar-refractivity contribution in [3.63, 3.8) is 0 Å². The first-order valence-electron chi connectivity index (χ1n) is 5.64. The molecule has 0 saturated heterocycles. The lowest BCUT2D eigenvalue weighted by Gasteiger charge is -2.13. The minimum Gasteiger partial charge on any atom is -0.478 e. The summed E-state index contributed by atoms with van der Waals surface area (Å²) >= 11 is 0.878. The number of aromatic carboxylic acids is 1. The molecule has 0 fully saturated rings. The highest BCUT2D eigenvalue weighted by atomic mass is 32.2. The van der Waals surface area contributed by atoms with Gasteiger partial charge in [-0.2, -0.15) is 0 Å². The van der Waals surface area contributed by atoms with E-state index in [2.05, 4.69) is 9.71 Å². The molecule has 2 rings (SSSR count). The van der Waals surface area contributed by atoms with Crippen molar-refractivity contribution >= 4 is 27.3 Å². The number of carbonyl (C=O) groups is 1. The first kappa shape index (κ1) is 14.6. The molecule has 0 bridgehead atoms. The third kappa shape index (κ3) is 3.21. The summed E-state index contributed by atoms with van der Waals surface area (Å²) in [5.41, 5.74) is 0.741. The normalized spacial score (nSPS) is 13.1. The molecule has 2 aromatic rings. The predicted octanol–water partition coefficient (Wildman–Crippen LogP) is 1.88. The van der Waals surface area contributed by atoms with Crippen molar-refractivity contribution < 1.29 is 18.3 Å². The SMILES string of the molecule is CC(NS(=O)(=O)c1cc(C(=O)O)cs1)c1ccncc1. The van der Waals surface area contributed by atoms with Crippen molar-refractivity contribution in [1.29, 1.82) is 0 Å². The quantitative estimate of drug-likeness (QED) is 0.878. The highest BCUT2D eigenvalue weighted by molar-refractivity contribution is 7.91. The summed E-state index contributed by atoms with van der Waals surface area (Å²) in [4.78, 5) is 14.6. The minimum atomic E-state index is -3.74. The molecule has 0 saturated carbocycles. The summed E-state index contributed by atoms with van der Waals surface area (Å²) in [5.74, 6) is -1.15. The maximum absolute atomic E-state index is 12.1. The number of nitrogens with zero attached hydrogens (tertiary/aromatic N) is 1. The molecule has 106 valence electrons. The van der Waals surface area contributed by atoms with Crippen LogP contribution in [0.15, 0.2) is 40.2 Å². The highest BCUT2D eigenvalue weighted by Gasteiger charge is 2.21. The smallest absolute Gasteiger partial charge is 0.336 e. The summed E-state index contributed by atoms with van der Waals surface area (Å²) in [7, 11) is -3.74. The summed E-state index contributed by atoms with van der Waals surface area (Å²) in [6.07, 6.45) is 3.15. The number of carboxylic acids is 1. The van der Waals surface area contributed by atoms with Crippen molar-refractivity contribution in [2.24, 2.45) is 0 Å². The van der Waals surface area contributed by atoms with Gasteiger partial charge in [-0.1, -0.05) is 0 Å². The molecule has 0 spiro atoms. The van der Waals surface area contributed by atoms with E-state index in [9.17, 15) is 13.2 Å². The number of thiophene rings is 1. The fourth-order valence-electron chi connectivity index (χ4n) is 1.58. The van der Waals surface area contributed by atoms with Crippen LogP contribution in [0.3, 0.4) is 0 Å². The van der Waals surface area contributed by atoms with E-state index in [1.807, 2.05) is 0 Å². The topological polar surface area (TPSA) is 96.4 Å². The number of sulfonamides is 1. The van der Waals surface area contributed by atoms with E-state index in [0.717, 1.165) is 23.0 Å². The van der Waals surface area contributed by atoms with Gasteiger partial charge >= 0.3 is 5.97 Å². The molecule has 0 radical (unpaired) electrons. The Hall–Kier alpha value is -1.77. The van der Waals surface area contributed by atoms with E-state index < -0.39 is 22.0 Å². The molecule has 6 nitrogen and oxygen atoms in total. The molecule has 2 heterocycles. The fraction of sp³-hybridized carbons (Fsp3) is 0.167. The highest BCUT2D eigenvalue weighted by Crippen LogP contribution is 2.22. The van der Waals surface area contributed by atoms with E-state index >= 15 is 0 Å². The van der Waals surface area contributed by atoms with Crippen molar-refractivity contribution in [3.8, 4) is 0 Å². The number of hydrogen-bond acceptors (Lipinski definition) is 5. The molecule has 0 aliphatic rings. The zero-order valence-corrected chi connectivity index (χ0v) is 12.1. The van der Waals surface area contributed by atoms with Crippen LogP contribution in [0.25, 0.3) is 0 Å². The first-order valence-corrected chi connectivity index (χ1v) is 8.00. The Bertz CT molecular complexity index is 710. The second-order valence-electron chi connectivity index (χ2n) is 4.08. The summed E-state index contributed by atoms with van der Waals surface area (Å²) in [5, 5.41) is 10.1. The standard InChI is InChI=1S/C12H12N2O4S2/c1-8(9-2-4-13-5-3-9)14-20(17,18)11-6-10(7-19-11)12(15)16/h2-8,14H,1H3,(H,15,16). The van der Waals surface area contributed by atoms with Gasteiger partial charge in [0.1, 0.15) is 4.21 Å². The van der Waals surface area contributed by atoms with Gasteiger partial charge < -0.3 is 5.11 Å². The zero-order valence-electron chi connectivity index (χ0n) is 10.5. The number of carboxylic acid groups (broad SMARTS) is 1. The number of rotatable bonds is 5. The molecule has 20 heavy (non-hydrogen) atoms. The summed E-state index contributed by atoms with van der Waals surface area (Å²) in [6, 6.07) is 4.14. The average molecular weight is 312 g/mol. The van der Waals surface area contributed by atoms with Gasteiger partial charge in [0.15, 0.2) is 0 Å². The van der Waals surface area contributed by atoms with E-state index in [-0.39, 0.29) is 9.77 Å². The third-order valence-corrected chi connectivity index (χ3v) is 5.61. The Morgan fingerprint density at radius 1 is 1.40 bits per heavy atom. The maximum Gasteiger partial charge on any atom is 0.336 e. The molecular weight excluding hydrogens is 300 g/mol. The molecule has 0 aliphatic heterocycles.